The Kier molecular flexibility index (Phi) is 4.37. The third-order valence-corrected chi connectivity index (χ3v) is 3.75. The van der Waals surface area contributed by atoms with Crippen molar-refractivity contribution in [2.24, 2.45) is 11.7 Å². The highest BCUT2D eigenvalue weighted by atomic mass is 16.1. The summed E-state index contributed by atoms with van der Waals surface area (Å²) in [6, 6.07) is 8.75. The second-order valence-electron chi connectivity index (χ2n) is 5.15. The topological polar surface area (TPSA) is 46.3 Å². The maximum atomic E-state index is 11.2. The molecule has 0 bridgehead atoms. The van der Waals surface area contributed by atoms with E-state index in [-0.39, 0.29) is 11.8 Å². The van der Waals surface area contributed by atoms with Crippen LogP contribution >= 0.6 is 0 Å². The second kappa shape index (κ2) is 6.01. The van der Waals surface area contributed by atoms with Gasteiger partial charge >= 0.3 is 0 Å². The molecule has 1 aromatic carbocycles. The summed E-state index contributed by atoms with van der Waals surface area (Å²) in [6.45, 7) is 4.97. The van der Waals surface area contributed by atoms with Crippen LogP contribution in [0.3, 0.4) is 0 Å². The van der Waals surface area contributed by atoms with Gasteiger partial charge in [0.15, 0.2) is 0 Å². The van der Waals surface area contributed by atoms with Crippen LogP contribution in [-0.2, 0) is 17.8 Å². The SMILES string of the molecule is CCc1ccc(CN2CCC[C@@H](C(N)=O)C2)cc1. The molecule has 1 atom stereocenters. The minimum atomic E-state index is -0.152. The first-order chi connectivity index (χ1) is 8.69. The zero-order chi connectivity index (χ0) is 13.0. The summed E-state index contributed by atoms with van der Waals surface area (Å²) in [4.78, 5) is 13.6. The minimum Gasteiger partial charge on any atom is -0.369 e. The summed E-state index contributed by atoms with van der Waals surface area (Å²) < 4.78 is 0. The van der Waals surface area contributed by atoms with E-state index in [0.29, 0.717) is 0 Å². The highest BCUT2D eigenvalue weighted by molar-refractivity contribution is 5.76. The van der Waals surface area contributed by atoms with E-state index in [1.807, 2.05) is 0 Å². The Balaban J connectivity index is 1.93. The summed E-state index contributed by atoms with van der Waals surface area (Å²) in [7, 11) is 0. The summed E-state index contributed by atoms with van der Waals surface area (Å²) in [5, 5.41) is 0. The first kappa shape index (κ1) is 13.1. The van der Waals surface area contributed by atoms with Crippen molar-refractivity contribution in [3.05, 3.63) is 35.4 Å². The summed E-state index contributed by atoms with van der Waals surface area (Å²) >= 11 is 0. The number of amides is 1. The molecule has 0 spiro atoms. The van der Waals surface area contributed by atoms with E-state index in [0.717, 1.165) is 38.9 Å². The van der Waals surface area contributed by atoms with Crippen LogP contribution in [0.5, 0.6) is 0 Å². The fourth-order valence-corrected chi connectivity index (χ4v) is 2.57. The Bertz CT molecular complexity index is 399. The van der Waals surface area contributed by atoms with Gasteiger partial charge in [-0.15, -0.1) is 0 Å². The molecule has 0 aliphatic carbocycles. The number of nitrogens with two attached hydrogens (primary N) is 1. The Hall–Kier alpha value is -1.35. The molecule has 2 N–H and O–H groups in total. The molecule has 18 heavy (non-hydrogen) atoms. The normalized spacial score (nSPS) is 20.8. The van der Waals surface area contributed by atoms with Crippen LogP contribution < -0.4 is 5.73 Å². The molecular weight excluding hydrogens is 224 g/mol. The van der Waals surface area contributed by atoms with Gasteiger partial charge in [0.1, 0.15) is 0 Å². The molecule has 0 saturated carbocycles. The Labute approximate surface area is 109 Å². The van der Waals surface area contributed by atoms with Gasteiger partial charge in [0.25, 0.3) is 0 Å². The molecule has 2 rings (SSSR count). The van der Waals surface area contributed by atoms with E-state index in [1.54, 1.807) is 0 Å². The molecule has 3 nitrogen and oxygen atoms in total. The summed E-state index contributed by atoms with van der Waals surface area (Å²) in [6.07, 6.45) is 3.09. The van der Waals surface area contributed by atoms with Gasteiger partial charge in [-0.05, 0) is 36.9 Å². The van der Waals surface area contributed by atoms with Gasteiger partial charge in [-0.1, -0.05) is 31.2 Å². The number of aryl methyl sites for hydroxylation is 1. The van der Waals surface area contributed by atoms with Gasteiger partial charge in [0.2, 0.25) is 5.91 Å². The highest BCUT2D eigenvalue weighted by Gasteiger charge is 2.23. The van der Waals surface area contributed by atoms with Crippen molar-refractivity contribution in [3.8, 4) is 0 Å². The predicted molar refractivity (Wildman–Crippen MR) is 73.0 cm³/mol. The number of hydrogen-bond acceptors (Lipinski definition) is 2. The molecule has 0 unspecified atom stereocenters. The first-order valence-corrected chi connectivity index (χ1v) is 6.78. The number of primary amides is 1. The lowest BCUT2D eigenvalue weighted by Crippen LogP contribution is -2.40. The monoisotopic (exact) mass is 246 g/mol. The fraction of sp³-hybridized carbons (Fsp3) is 0.533. The number of nitrogens with zero attached hydrogens (tertiary/aromatic N) is 1. The highest BCUT2D eigenvalue weighted by Crippen LogP contribution is 2.18. The quantitative estimate of drug-likeness (QED) is 0.882. The van der Waals surface area contributed by atoms with Gasteiger partial charge in [-0.3, -0.25) is 9.69 Å². The van der Waals surface area contributed by atoms with Crippen LogP contribution in [0.1, 0.15) is 30.9 Å². The Morgan fingerprint density at radius 3 is 2.61 bits per heavy atom. The molecule has 3 heteroatoms. The van der Waals surface area contributed by atoms with Crippen molar-refractivity contribution in [2.45, 2.75) is 32.7 Å². The number of rotatable bonds is 4. The fourth-order valence-electron chi connectivity index (χ4n) is 2.57. The van der Waals surface area contributed by atoms with Crippen molar-refractivity contribution in [1.82, 2.24) is 4.90 Å². The Morgan fingerprint density at radius 2 is 2.00 bits per heavy atom. The van der Waals surface area contributed by atoms with E-state index in [2.05, 4.69) is 36.1 Å². The zero-order valence-electron chi connectivity index (χ0n) is 11.1. The van der Waals surface area contributed by atoms with Crippen molar-refractivity contribution in [1.29, 1.82) is 0 Å². The standard InChI is InChI=1S/C15H22N2O/c1-2-12-5-7-13(8-6-12)10-17-9-3-4-14(11-17)15(16)18/h5-8,14H,2-4,9-11H2,1H3,(H2,16,18)/t14-/m1/s1. The van der Waals surface area contributed by atoms with Gasteiger partial charge < -0.3 is 5.73 Å². The average Bonchev–Trinajstić information content (AvgIpc) is 2.40. The van der Waals surface area contributed by atoms with Gasteiger partial charge in [0.05, 0.1) is 5.92 Å². The molecule has 1 fully saturated rings. The zero-order valence-corrected chi connectivity index (χ0v) is 11.1. The molecule has 1 saturated heterocycles. The number of piperidine rings is 1. The van der Waals surface area contributed by atoms with Gasteiger partial charge in [-0.2, -0.15) is 0 Å². The summed E-state index contributed by atoms with van der Waals surface area (Å²) in [5.74, 6) is -0.116. The van der Waals surface area contributed by atoms with E-state index in [1.165, 1.54) is 11.1 Å². The average molecular weight is 246 g/mol. The molecule has 98 valence electrons. The molecule has 0 aromatic heterocycles. The molecule has 1 aliphatic heterocycles. The predicted octanol–water partition coefficient (Wildman–Crippen LogP) is 1.95. The molecule has 1 aromatic rings. The van der Waals surface area contributed by atoms with Crippen LogP contribution in [0.25, 0.3) is 0 Å². The lowest BCUT2D eigenvalue weighted by atomic mass is 9.97. The van der Waals surface area contributed by atoms with Crippen LogP contribution in [0.15, 0.2) is 24.3 Å². The number of hydrogen-bond donors (Lipinski definition) is 1. The molecule has 1 amide bonds. The number of carbonyl (C=O) groups excluding carboxylic acids is 1. The lowest BCUT2D eigenvalue weighted by Gasteiger charge is -2.31. The number of benzene rings is 1. The van der Waals surface area contributed by atoms with Gasteiger partial charge in [-0.25, -0.2) is 0 Å². The Morgan fingerprint density at radius 1 is 1.33 bits per heavy atom. The van der Waals surface area contributed by atoms with Gasteiger partial charge in [0, 0.05) is 13.1 Å². The van der Waals surface area contributed by atoms with Crippen LogP contribution in [0, 0.1) is 5.92 Å². The van der Waals surface area contributed by atoms with Crippen LogP contribution in [-0.4, -0.2) is 23.9 Å². The lowest BCUT2D eigenvalue weighted by molar-refractivity contribution is -0.123. The maximum absolute atomic E-state index is 11.2. The van der Waals surface area contributed by atoms with Crippen molar-refractivity contribution in [2.75, 3.05) is 13.1 Å². The van der Waals surface area contributed by atoms with Crippen LogP contribution in [0.2, 0.25) is 0 Å². The van der Waals surface area contributed by atoms with Crippen molar-refractivity contribution >= 4 is 5.91 Å². The van der Waals surface area contributed by atoms with Crippen LogP contribution in [0.4, 0.5) is 0 Å². The second-order valence-corrected chi connectivity index (χ2v) is 5.15. The minimum absolute atomic E-state index is 0.0358. The molecule has 1 heterocycles. The molecular formula is C15H22N2O. The number of likely N-dealkylation sites (tertiary alicyclic amines) is 1. The number of carbonyl (C=O) groups is 1. The van der Waals surface area contributed by atoms with E-state index in [4.69, 9.17) is 5.73 Å². The molecule has 1 aliphatic rings. The summed E-state index contributed by atoms with van der Waals surface area (Å²) in [5.41, 5.74) is 8.08. The van der Waals surface area contributed by atoms with E-state index >= 15 is 0 Å². The van der Waals surface area contributed by atoms with E-state index in [9.17, 15) is 4.79 Å². The third kappa shape index (κ3) is 3.33. The smallest absolute Gasteiger partial charge is 0.221 e. The van der Waals surface area contributed by atoms with E-state index < -0.39 is 0 Å². The van der Waals surface area contributed by atoms with Crippen molar-refractivity contribution in [3.63, 3.8) is 0 Å². The first-order valence-electron chi connectivity index (χ1n) is 6.78. The van der Waals surface area contributed by atoms with Crippen molar-refractivity contribution < 1.29 is 4.79 Å². The largest absolute Gasteiger partial charge is 0.369 e. The third-order valence-electron chi connectivity index (χ3n) is 3.75. The molecule has 0 radical (unpaired) electrons. The maximum Gasteiger partial charge on any atom is 0.221 e.